The van der Waals surface area contributed by atoms with Gasteiger partial charge in [0.1, 0.15) is 0 Å². The van der Waals surface area contributed by atoms with Gasteiger partial charge in [0.15, 0.2) is 0 Å². The van der Waals surface area contributed by atoms with Crippen molar-refractivity contribution >= 4 is 0 Å². The summed E-state index contributed by atoms with van der Waals surface area (Å²) in [4.78, 5) is 0. The standard InChI is InChI=1S/C9H19NO/c1-9(2,3)8-6-10-4-5-11-7-8/h8,10H,4-7H2,1-3H3. The van der Waals surface area contributed by atoms with Crippen molar-refractivity contribution in [3.63, 3.8) is 0 Å². The van der Waals surface area contributed by atoms with Gasteiger partial charge in [-0.25, -0.2) is 0 Å². The van der Waals surface area contributed by atoms with E-state index in [1.807, 2.05) is 0 Å². The molecule has 1 atom stereocenters. The molecule has 1 fully saturated rings. The molecule has 2 nitrogen and oxygen atoms in total. The fraction of sp³-hybridized carbons (Fsp3) is 1.00. The van der Waals surface area contributed by atoms with Crippen LogP contribution < -0.4 is 5.32 Å². The molecule has 0 saturated carbocycles. The number of rotatable bonds is 0. The predicted molar refractivity (Wildman–Crippen MR) is 46.6 cm³/mol. The Balaban J connectivity index is 2.43. The van der Waals surface area contributed by atoms with Crippen LogP contribution in [-0.2, 0) is 4.74 Å². The van der Waals surface area contributed by atoms with Gasteiger partial charge in [0.25, 0.3) is 0 Å². The second-order valence-corrected chi connectivity index (χ2v) is 4.34. The Labute approximate surface area is 69.3 Å². The quantitative estimate of drug-likeness (QED) is 0.571. The summed E-state index contributed by atoms with van der Waals surface area (Å²) in [6.45, 7) is 10.7. The van der Waals surface area contributed by atoms with E-state index in [2.05, 4.69) is 26.1 Å². The molecule has 1 unspecified atom stereocenters. The first-order chi connectivity index (χ1) is 5.11. The van der Waals surface area contributed by atoms with Crippen LogP contribution in [0.3, 0.4) is 0 Å². The summed E-state index contributed by atoms with van der Waals surface area (Å²) in [6.07, 6.45) is 0. The molecule has 0 amide bonds. The second-order valence-electron chi connectivity index (χ2n) is 4.34. The zero-order chi connectivity index (χ0) is 8.32. The highest BCUT2D eigenvalue weighted by Crippen LogP contribution is 2.25. The monoisotopic (exact) mass is 157 g/mol. The van der Waals surface area contributed by atoms with Crippen LogP contribution in [0.15, 0.2) is 0 Å². The molecule has 1 aliphatic rings. The van der Waals surface area contributed by atoms with Gasteiger partial charge >= 0.3 is 0 Å². The zero-order valence-electron chi connectivity index (χ0n) is 7.81. The van der Waals surface area contributed by atoms with E-state index in [4.69, 9.17) is 4.74 Å². The first kappa shape index (κ1) is 9.01. The van der Waals surface area contributed by atoms with Crippen LogP contribution in [0.1, 0.15) is 20.8 Å². The summed E-state index contributed by atoms with van der Waals surface area (Å²) in [7, 11) is 0. The van der Waals surface area contributed by atoms with E-state index < -0.39 is 0 Å². The Bertz CT molecular complexity index is 109. The van der Waals surface area contributed by atoms with E-state index in [-0.39, 0.29) is 0 Å². The molecule has 66 valence electrons. The van der Waals surface area contributed by atoms with Crippen molar-refractivity contribution in [2.75, 3.05) is 26.3 Å². The molecule has 1 saturated heterocycles. The third-order valence-electron chi connectivity index (χ3n) is 2.36. The van der Waals surface area contributed by atoms with Crippen LogP contribution >= 0.6 is 0 Å². The Kier molecular flexibility index (Phi) is 2.90. The van der Waals surface area contributed by atoms with Gasteiger partial charge in [-0.1, -0.05) is 20.8 Å². The van der Waals surface area contributed by atoms with E-state index in [1.54, 1.807) is 0 Å². The molecule has 1 aliphatic heterocycles. The molecule has 0 aliphatic carbocycles. The molecule has 1 N–H and O–H groups in total. The van der Waals surface area contributed by atoms with Crippen molar-refractivity contribution < 1.29 is 4.74 Å². The SMILES string of the molecule is CC(C)(C)C1CNCCOC1. The minimum absolute atomic E-state index is 0.372. The van der Waals surface area contributed by atoms with Crippen molar-refractivity contribution in [1.29, 1.82) is 0 Å². The van der Waals surface area contributed by atoms with Gasteiger partial charge in [0.05, 0.1) is 13.2 Å². The molecule has 0 aromatic carbocycles. The van der Waals surface area contributed by atoms with Crippen LogP contribution in [0.5, 0.6) is 0 Å². The number of hydrogen-bond donors (Lipinski definition) is 1. The average Bonchev–Trinajstić information content (AvgIpc) is 2.10. The van der Waals surface area contributed by atoms with Gasteiger partial charge < -0.3 is 10.1 Å². The van der Waals surface area contributed by atoms with Gasteiger partial charge in [-0.2, -0.15) is 0 Å². The molecule has 2 heteroatoms. The Morgan fingerprint density at radius 3 is 2.73 bits per heavy atom. The Morgan fingerprint density at radius 2 is 2.09 bits per heavy atom. The third-order valence-corrected chi connectivity index (χ3v) is 2.36. The van der Waals surface area contributed by atoms with E-state index in [1.165, 1.54) is 0 Å². The number of hydrogen-bond acceptors (Lipinski definition) is 2. The van der Waals surface area contributed by atoms with Crippen molar-refractivity contribution in [2.45, 2.75) is 20.8 Å². The lowest BCUT2D eigenvalue weighted by atomic mass is 9.81. The van der Waals surface area contributed by atoms with Crippen LogP contribution in [0.2, 0.25) is 0 Å². The summed E-state index contributed by atoms with van der Waals surface area (Å²) in [5.74, 6) is 0.657. The smallest absolute Gasteiger partial charge is 0.0591 e. The Hall–Kier alpha value is -0.0800. The maximum atomic E-state index is 5.47. The largest absolute Gasteiger partial charge is 0.380 e. The third kappa shape index (κ3) is 2.80. The van der Waals surface area contributed by atoms with Crippen molar-refractivity contribution in [3.05, 3.63) is 0 Å². The fourth-order valence-electron chi connectivity index (χ4n) is 1.26. The molecule has 0 radical (unpaired) electrons. The summed E-state index contributed by atoms with van der Waals surface area (Å²) in [5, 5.41) is 3.38. The van der Waals surface area contributed by atoms with Gasteiger partial charge in [-0.3, -0.25) is 0 Å². The topological polar surface area (TPSA) is 21.3 Å². The van der Waals surface area contributed by atoms with E-state index in [9.17, 15) is 0 Å². The summed E-state index contributed by atoms with van der Waals surface area (Å²) in [6, 6.07) is 0. The predicted octanol–water partition coefficient (Wildman–Crippen LogP) is 1.27. The van der Waals surface area contributed by atoms with Crippen LogP contribution in [-0.4, -0.2) is 26.3 Å². The first-order valence-corrected chi connectivity index (χ1v) is 4.39. The summed E-state index contributed by atoms with van der Waals surface area (Å²) in [5.41, 5.74) is 0.372. The normalized spacial score (nSPS) is 28.1. The highest BCUT2D eigenvalue weighted by molar-refractivity contribution is 4.77. The first-order valence-electron chi connectivity index (χ1n) is 4.39. The number of ether oxygens (including phenoxy) is 1. The molecule has 0 aromatic heterocycles. The summed E-state index contributed by atoms with van der Waals surface area (Å²) >= 11 is 0. The Morgan fingerprint density at radius 1 is 1.36 bits per heavy atom. The van der Waals surface area contributed by atoms with E-state index in [0.29, 0.717) is 11.3 Å². The molecule has 0 aromatic rings. The van der Waals surface area contributed by atoms with E-state index in [0.717, 1.165) is 26.3 Å². The summed E-state index contributed by atoms with van der Waals surface area (Å²) < 4.78 is 5.47. The van der Waals surface area contributed by atoms with E-state index >= 15 is 0 Å². The fourth-order valence-corrected chi connectivity index (χ4v) is 1.26. The molecular weight excluding hydrogens is 138 g/mol. The zero-order valence-corrected chi connectivity index (χ0v) is 7.81. The minimum atomic E-state index is 0.372. The van der Waals surface area contributed by atoms with Crippen molar-refractivity contribution in [2.24, 2.45) is 11.3 Å². The lowest BCUT2D eigenvalue weighted by molar-refractivity contribution is 0.0797. The van der Waals surface area contributed by atoms with Crippen LogP contribution in [0.4, 0.5) is 0 Å². The molecule has 0 bridgehead atoms. The van der Waals surface area contributed by atoms with Gasteiger partial charge in [-0.05, 0) is 11.3 Å². The lowest BCUT2D eigenvalue weighted by Gasteiger charge is -2.28. The highest BCUT2D eigenvalue weighted by atomic mass is 16.5. The molecule has 11 heavy (non-hydrogen) atoms. The van der Waals surface area contributed by atoms with Crippen molar-refractivity contribution in [3.8, 4) is 0 Å². The van der Waals surface area contributed by atoms with Gasteiger partial charge in [0, 0.05) is 13.1 Å². The minimum Gasteiger partial charge on any atom is -0.380 e. The molecular formula is C9H19NO. The van der Waals surface area contributed by atoms with Gasteiger partial charge in [-0.15, -0.1) is 0 Å². The highest BCUT2D eigenvalue weighted by Gasteiger charge is 2.25. The maximum absolute atomic E-state index is 5.47. The van der Waals surface area contributed by atoms with Crippen molar-refractivity contribution in [1.82, 2.24) is 5.32 Å². The van der Waals surface area contributed by atoms with Crippen LogP contribution in [0.25, 0.3) is 0 Å². The molecule has 1 heterocycles. The number of nitrogens with one attached hydrogen (secondary N) is 1. The van der Waals surface area contributed by atoms with Crippen LogP contribution in [0, 0.1) is 11.3 Å². The average molecular weight is 157 g/mol. The van der Waals surface area contributed by atoms with Gasteiger partial charge in [0.2, 0.25) is 0 Å². The molecule has 0 spiro atoms. The maximum Gasteiger partial charge on any atom is 0.0591 e. The second kappa shape index (κ2) is 3.55. The molecule has 1 rings (SSSR count). The lowest BCUT2D eigenvalue weighted by Crippen LogP contribution is -2.32.